The van der Waals surface area contributed by atoms with Crippen LogP contribution in [0.3, 0.4) is 0 Å². The predicted molar refractivity (Wildman–Crippen MR) is 103 cm³/mol. The van der Waals surface area contributed by atoms with Gasteiger partial charge < -0.3 is 10.6 Å². The summed E-state index contributed by atoms with van der Waals surface area (Å²) in [7, 11) is 0. The van der Waals surface area contributed by atoms with Crippen molar-refractivity contribution in [3.63, 3.8) is 0 Å². The molecule has 8 heteroatoms. The maximum atomic E-state index is 12.3. The molecule has 0 saturated heterocycles. The number of carbonyl (C=O) groups excluding carboxylic acids is 2. The molecule has 0 fully saturated rings. The van der Waals surface area contributed by atoms with E-state index in [1.807, 2.05) is 6.07 Å². The van der Waals surface area contributed by atoms with Gasteiger partial charge in [0.15, 0.2) is 0 Å². The summed E-state index contributed by atoms with van der Waals surface area (Å²) in [6.07, 6.45) is 0. The molecule has 3 aromatic rings. The van der Waals surface area contributed by atoms with E-state index in [-0.39, 0.29) is 12.2 Å². The van der Waals surface area contributed by atoms with Crippen molar-refractivity contribution < 1.29 is 9.59 Å². The first-order valence-electron chi connectivity index (χ1n) is 8.02. The van der Waals surface area contributed by atoms with E-state index in [2.05, 4.69) is 15.7 Å². The van der Waals surface area contributed by atoms with Gasteiger partial charge in [-0.1, -0.05) is 41.9 Å². The van der Waals surface area contributed by atoms with Crippen LogP contribution in [0, 0.1) is 0 Å². The molecule has 2 aromatic carbocycles. The molecule has 1 heterocycles. The number of benzene rings is 2. The maximum Gasteiger partial charge on any atom is 0.276 e. The molecule has 0 bridgehead atoms. The van der Waals surface area contributed by atoms with Crippen LogP contribution in [-0.2, 0) is 11.3 Å². The Morgan fingerprint density at radius 1 is 0.926 bits per heavy atom. The molecular weight excluding hydrogens is 368 g/mol. The summed E-state index contributed by atoms with van der Waals surface area (Å²) < 4.78 is 0.923. The fraction of sp³-hybridized carbons (Fsp3) is 0.0526. The molecule has 27 heavy (non-hydrogen) atoms. The van der Waals surface area contributed by atoms with E-state index in [0.29, 0.717) is 16.4 Å². The van der Waals surface area contributed by atoms with E-state index in [9.17, 15) is 14.4 Å². The van der Waals surface area contributed by atoms with Crippen molar-refractivity contribution in [2.75, 3.05) is 10.6 Å². The first-order chi connectivity index (χ1) is 13.0. The number of anilines is 2. The summed E-state index contributed by atoms with van der Waals surface area (Å²) in [4.78, 5) is 36.5. The van der Waals surface area contributed by atoms with Gasteiger partial charge in [0.1, 0.15) is 12.2 Å². The number of amides is 2. The van der Waals surface area contributed by atoms with Crippen molar-refractivity contribution in [3.05, 3.63) is 87.8 Å². The largest absolute Gasteiger partial charge is 0.323 e. The highest BCUT2D eigenvalue weighted by molar-refractivity contribution is 6.33. The van der Waals surface area contributed by atoms with Gasteiger partial charge >= 0.3 is 0 Å². The number of nitrogens with zero attached hydrogens (tertiary/aromatic N) is 2. The zero-order valence-electron chi connectivity index (χ0n) is 14.1. The molecule has 0 aliphatic heterocycles. The van der Waals surface area contributed by atoms with Gasteiger partial charge in [0.05, 0.1) is 10.7 Å². The summed E-state index contributed by atoms with van der Waals surface area (Å²) in [5.74, 6) is -0.972. The number of halogens is 1. The Morgan fingerprint density at radius 3 is 2.37 bits per heavy atom. The minimum absolute atomic E-state index is 0.0176. The van der Waals surface area contributed by atoms with Crippen LogP contribution >= 0.6 is 11.6 Å². The van der Waals surface area contributed by atoms with Gasteiger partial charge in [-0.3, -0.25) is 14.4 Å². The van der Waals surface area contributed by atoms with Crippen molar-refractivity contribution in [2.24, 2.45) is 0 Å². The molecule has 0 spiro atoms. The van der Waals surface area contributed by atoms with Crippen molar-refractivity contribution >= 4 is 34.8 Å². The molecule has 0 atom stereocenters. The lowest BCUT2D eigenvalue weighted by Gasteiger charge is -2.09. The van der Waals surface area contributed by atoms with E-state index >= 15 is 0 Å². The highest BCUT2D eigenvalue weighted by atomic mass is 35.5. The first-order valence-corrected chi connectivity index (χ1v) is 8.40. The molecule has 0 unspecified atom stereocenters. The lowest BCUT2D eigenvalue weighted by atomic mass is 10.3. The average molecular weight is 383 g/mol. The monoisotopic (exact) mass is 382 g/mol. The summed E-state index contributed by atoms with van der Waals surface area (Å²) in [5, 5.41) is 9.62. The third kappa shape index (κ3) is 4.80. The highest BCUT2D eigenvalue weighted by Gasteiger charge is 2.13. The zero-order chi connectivity index (χ0) is 19.2. The van der Waals surface area contributed by atoms with Crippen molar-refractivity contribution in [1.82, 2.24) is 9.78 Å². The molecule has 3 rings (SSSR count). The Labute approximate surface area is 159 Å². The zero-order valence-corrected chi connectivity index (χ0v) is 14.8. The van der Waals surface area contributed by atoms with E-state index in [4.69, 9.17) is 11.6 Å². The Bertz CT molecular complexity index is 1030. The minimum Gasteiger partial charge on any atom is -0.323 e. The first kappa shape index (κ1) is 18.3. The normalized spacial score (nSPS) is 10.3. The Hall–Kier alpha value is -3.45. The average Bonchev–Trinajstić information content (AvgIpc) is 2.66. The van der Waals surface area contributed by atoms with Crippen LogP contribution in [0.1, 0.15) is 10.5 Å². The van der Waals surface area contributed by atoms with Gasteiger partial charge in [-0.25, -0.2) is 4.68 Å². The van der Waals surface area contributed by atoms with Crippen LogP contribution in [0.2, 0.25) is 5.02 Å². The Morgan fingerprint density at radius 2 is 1.63 bits per heavy atom. The van der Waals surface area contributed by atoms with E-state index in [1.54, 1.807) is 48.5 Å². The second kappa shape index (κ2) is 8.29. The molecule has 7 nitrogen and oxygen atoms in total. The minimum atomic E-state index is -0.499. The van der Waals surface area contributed by atoms with Crippen LogP contribution in [-0.4, -0.2) is 21.6 Å². The predicted octanol–water partition coefficient (Wildman–Crippen LogP) is 2.79. The van der Waals surface area contributed by atoms with Crippen LogP contribution in [0.15, 0.2) is 71.5 Å². The fourth-order valence-corrected chi connectivity index (χ4v) is 2.47. The topological polar surface area (TPSA) is 93.1 Å². The third-order valence-corrected chi connectivity index (χ3v) is 3.90. The van der Waals surface area contributed by atoms with Gasteiger partial charge in [0.2, 0.25) is 5.91 Å². The van der Waals surface area contributed by atoms with Crippen LogP contribution in [0.4, 0.5) is 11.4 Å². The molecule has 0 radical (unpaired) electrons. The van der Waals surface area contributed by atoms with Crippen molar-refractivity contribution in [2.45, 2.75) is 6.54 Å². The second-order valence-corrected chi connectivity index (χ2v) is 5.97. The SMILES string of the molecule is O=C(Cn1nc(C(=O)Nc2ccccc2)ccc1=O)Nc1ccccc1Cl. The number of aromatic nitrogens is 2. The van der Waals surface area contributed by atoms with Crippen LogP contribution < -0.4 is 16.2 Å². The molecule has 0 aliphatic carbocycles. The molecule has 0 saturated carbocycles. The Balaban J connectivity index is 1.73. The van der Waals surface area contributed by atoms with Crippen LogP contribution in [0.25, 0.3) is 0 Å². The molecule has 0 aliphatic rings. The number of hydrogen-bond acceptors (Lipinski definition) is 4. The molecule has 2 N–H and O–H groups in total. The summed E-state index contributed by atoms with van der Waals surface area (Å²) in [5.41, 5.74) is 0.540. The van der Waals surface area contributed by atoms with Crippen LogP contribution in [0.5, 0.6) is 0 Å². The molecule has 2 amide bonds. The third-order valence-electron chi connectivity index (χ3n) is 3.57. The molecule has 1 aromatic heterocycles. The van der Waals surface area contributed by atoms with Gasteiger partial charge in [0.25, 0.3) is 11.5 Å². The van der Waals surface area contributed by atoms with E-state index in [0.717, 1.165) is 4.68 Å². The highest BCUT2D eigenvalue weighted by Crippen LogP contribution is 2.20. The summed E-state index contributed by atoms with van der Waals surface area (Å²) in [6.45, 7) is -0.351. The number of hydrogen-bond donors (Lipinski definition) is 2. The molecular formula is C19H15ClN4O3. The summed E-state index contributed by atoms with van der Waals surface area (Å²) >= 11 is 5.99. The lowest BCUT2D eigenvalue weighted by Crippen LogP contribution is -2.31. The van der Waals surface area contributed by atoms with Crippen molar-refractivity contribution in [3.8, 4) is 0 Å². The fourth-order valence-electron chi connectivity index (χ4n) is 2.29. The van der Waals surface area contributed by atoms with Gasteiger partial charge in [0, 0.05) is 11.8 Å². The Kier molecular flexibility index (Phi) is 5.63. The van der Waals surface area contributed by atoms with Crippen molar-refractivity contribution in [1.29, 1.82) is 0 Å². The number of nitrogens with one attached hydrogen (secondary N) is 2. The second-order valence-electron chi connectivity index (χ2n) is 5.56. The molecule has 136 valence electrons. The standard InChI is InChI=1S/C19H15ClN4O3/c20-14-8-4-5-9-15(14)22-17(25)12-24-18(26)11-10-16(23-24)19(27)21-13-6-2-1-3-7-13/h1-11H,12H2,(H,21,27)(H,22,25). The smallest absolute Gasteiger partial charge is 0.276 e. The summed E-state index contributed by atoms with van der Waals surface area (Å²) in [6, 6.07) is 18.1. The number of carbonyl (C=O) groups is 2. The van der Waals surface area contributed by atoms with E-state index in [1.165, 1.54) is 12.1 Å². The van der Waals surface area contributed by atoms with E-state index < -0.39 is 17.4 Å². The lowest BCUT2D eigenvalue weighted by molar-refractivity contribution is -0.117. The maximum absolute atomic E-state index is 12.3. The number of para-hydroxylation sites is 2. The van der Waals surface area contributed by atoms with Gasteiger partial charge in [-0.05, 0) is 30.3 Å². The number of rotatable bonds is 5. The quantitative estimate of drug-likeness (QED) is 0.709. The van der Waals surface area contributed by atoms with Gasteiger partial charge in [-0.2, -0.15) is 5.10 Å². The van der Waals surface area contributed by atoms with Gasteiger partial charge in [-0.15, -0.1) is 0 Å².